The molecule has 0 radical (unpaired) electrons. The summed E-state index contributed by atoms with van der Waals surface area (Å²) in [5, 5.41) is 12.4. The van der Waals surface area contributed by atoms with Crippen LogP contribution in [0.1, 0.15) is 18.1 Å². The van der Waals surface area contributed by atoms with Gasteiger partial charge in [0.25, 0.3) is 0 Å². The Morgan fingerprint density at radius 1 is 1.53 bits per heavy atom. The molecule has 0 bridgehead atoms. The van der Waals surface area contributed by atoms with E-state index in [0.717, 1.165) is 17.9 Å². The van der Waals surface area contributed by atoms with Crippen molar-refractivity contribution < 1.29 is 4.74 Å². The van der Waals surface area contributed by atoms with Crippen molar-refractivity contribution in [3.63, 3.8) is 0 Å². The van der Waals surface area contributed by atoms with Gasteiger partial charge in [0.1, 0.15) is 11.8 Å². The van der Waals surface area contributed by atoms with Gasteiger partial charge in [-0.1, -0.05) is 6.07 Å². The van der Waals surface area contributed by atoms with Crippen LogP contribution in [-0.4, -0.2) is 25.2 Å². The zero-order chi connectivity index (χ0) is 12.7. The largest absolute Gasteiger partial charge is 0.495 e. The number of nitrogens with one attached hydrogen (secondary N) is 1. The van der Waals surface area contributed by atoms with E-state index in [4.69, 9.17) is 10.00 Å². The van der Waals surface area contributed by atoms with Gasteiger partial charge in [0.2, 0.25) is 0 Å². The molecule has 0 aliphatic carbocycles. The van der Waals surface area contributed by atoms with Gasteiger partial charge in [0, 0.05) is 18.3 Å². The molecule has 0 amide bonds. The molecule has 0 saturated carbocycles. The molecule has 1 rings (SSSR count). The number of hydrogen-bond donors (Lipinski definition) is 1. The van der Waals surface area contributed by atoms with Crippen molar-refractivity contribution in [3.8, 4) is 11.8 Å². The Morgan fingerprint density at radius 3 is 2.88 bits per heavy atom. The van der Waals surface area contributed by atoms with Crippen molar-refractivity contribution >= 4 is 11.8 Å². The lowest BCUT2D eigenvalue weighted by Gasteiger charge is -2.13. The maximum Gasteiger partial charge on any atom is 0.136 e. The molecular formula is C13H18N2OS. The first-order valence-electron chi connectivity index (χ1n) is 5.50. The molecule has 3 nitrogen and oxygen atoms in total. The van der Waals surface area contributed by atoms with Gasteiger partial charge in [-0.2, -0.15) is 17.0 Å². The minimum Gasteiger partial charge on any atom is -0.495 e. The Labute approximate surface area is 107 Å². The van der Waals surface area contributed by atoms with Gasteiger partial charge in [-0.3, -0.25) is 0 Å². The van der Waals surface area contributed by atoms with Gasteiger partial charge < -0.3 is 10.1 Å². The predicted molar refractivity (Wildman–Crippen MR) is 72.4 cm³/mol. The second kappa shape index (κ2) is 7.21. The van der Waals surface area contributed by atoms with Crippen LogP contribution in [0.2, 0.25) is 0 Å². The minimum absolute atomic E-state index is 0.470. The van der Waals surface area contributed by atoms with E-state index in [9.17, 15) is 0 Å². The van der Waals surface area contributed by atoms with E-state index in [2.05, 4.69) is 24.6 Å². The molecular weight excluding hydrogens is 232 g/mol. The summed E-state index contributed by atoms with van der Waals surface area (Å²) in [6.45, 7) is 2.94. The molecule has 0 saturated heterocycles. The first kappa shape index (κ1) is 13.9. The number of nitriles is 1. The smallest absolute Gasteiger partial charge is 0.136 e. The fourth-order valence-electron chi connectivity index (χ4n) is 1.55. The van der Waals surface area contributed by atoms with E-state index in [1.807, 2.05) is 30.0 Å². The molecule has 1 atom stereocenters. The zero-order valence-corrected chi connectivity index (χ0v) is 11.3. The summed E-state index contributed by atoms with van der Waals surface area (Å²) < 4.78 is 5.11. The summed E-state index contributed by atoms with van der Waals surface area (Å²) in [6, 6.07) is 8.31. The van der Waals surface area contributed by atoms with Crippen molar-refractivity contribution in [1.82, 2.24) is 5.32 Å². The Balaban J connectivity index is 2.64. The fraction of sp³-hybridized carbons (Fsp3) is 0.462. The van der Waals surface area contributed by atoms with Crippen LogP contribution in [0.3, 0.4) is 0 Å². The highest BCUT2D eigenvalue weighted by molar-refractivity contribution is 7.98. The van der Waals surface area contributed by atoms with Crippen molar-refractivity contribution in [2.75, 3.05) is 19.1 Å². The topological polar surface area (TPSA) is 45.0 Å². The summed E-state index contributed by atoms with van der Waals surface area (Å²) in [6.07, 6.45) is 2.10. The third-order valence-corrected chi connectivity index (χ3v) is 3.29. The molecule has 0 aliphatic rings. The van der Waals surface area contributed by atoms with Crippen molar-refractivity contribution in [3.05, 3.63) is 29.3 Å². The number of methoxy groups -OCH3 is 1. The summed E-state index contributed by atoms with van der Waals surface area (Å²) >= 11 is 1.82. The first-order chi connectivity index (χ1) is 8.21. The highest BCUT2D eigenvalue weighted by Gasteiger charge is 2.05. The average molecular weight is 250 g/mol. The fourth-order valence-corrected chi connectivity index (χ4v) is 2.17. The molecule has 1 aromatic rings. The SMILES string of the molecule is COc1ccc(CNC(C)CSC)cc1C#N. The van der Waals surface area contributed by atoms with Crippen LogP contribution in [-0.2, 0) is 6.54 Å². The molecule has 1 N–H and O–H groups in total. The van der Waals surface area contributed by atoms with Crippen molar-refractivity contribution in [2.24, 2.45) is 0 Å². The van der Waals surface area contributed by atoms with Crippen LogP contribution in [0.5, 0.6) is 5.75 Å². The van der Waals surface area contributed by atoms with Crippen LogP contribution >= 0.6 is 11.8 Å². The molecule has 0 aliphatic heterocycles. The lowest BCUT2D eigenvalue weighted by molar-refractivity contribution is 0.413. The van der Waals surface area contributed by atoms with Gasteiger partial charge in [0.15, 0.2) is 0 Å². The van der Waals surface area contributed by atoms with E-state index in [1.54, 1.807) is 7.11 Å². The quantitative estimate of drug-likeness (QED) is 0.842. The van der Waals surface area contributed by atoms with Crippen LogP contribution in [0.4, 0.5) is 0 Å². The third-order valence-electron chi connectivity index (χ3n) is 2.46. The van der Waals surface area contributed by atoms with Crippen LogP contribution in [0.15, 0.2) is 18.2 Å². The van der Waals surface area contributed by atoms with Gasteiger partial charge in [-0.25, -0.2) is 0 Å². The second-order valence-electron chi connectivity index (χ2n) is 3.88. The Morgan fingerprint density at radius 2 is 2.29 bits per heavy atom. The highest BCUT2D eigenvalue weighted by atomic mass is 32.2. The maximum atomic E-state index is 8.98. The Bertz CT molecular complexity index is 401. The number of ether oxygens (including phenoxy) is 1. The number of nitrogens with zero attached hydrogens (tertiary/aromatic N) is 1. The normalized spacial score (nSPS) is 11.9. The van der Waals surface area contributed by atoms with Crippen LogP contribution < -0.4 is 10.1 Å². The lowest BCUT2D eigenvalue weighted by atomic mass is 10.1. The van der Waals surface area contributed by atoms with Gasteiger partial charge in [0.05, 0.1) is 12.7 Å². The molecule has 4 heteroatoms. The molecule has 92 valence electrons. The standard InChI is InChI=1S/C13H18N2OS/c1-10(9-17-3)15-8-11-4-5-13(16-2)12(6-11)7-14/h4-6,10,15H,8-9H2,1-3H3. The van der Waals surface area contributed by atoms with Crippen molar-refractivity contribution in [1.29, 1.82) is 5.26 Å². The molecule has 0 aromatic heterocycles. The molecule has 0 fully saturated rings. The van der Waals surface area contributed by atoms with E-state index in [-0.39, 0.29) is 0 Å². The molecule has 0 heterocycles. The second-order valence-corrected chi connectivity index (χ2v) is 4.79. The summed E-state index contributed by atoms with van der Waals surface area (Å²) in [5.41, 5.74) is 1.69. The van der Waals surface area contributed by atoms with Gasteiger partial charge in [-0.05, 0) is 30.9 Å². The van der Waals surface area contributed by atoms with Crippen LogP contribution in [0.25, 0.3) is 0 Å². The monoisotopic (exact) mass is 250 g/mol. The Hall–Kier alpha value is -1.18. The summed E-state index contributed by atoms with van der Waals surface area (Å²) in [7, 11) is 1.58. The average Bonchev–Trinajstić information content (AvgIpc) is 2.36. The Kier molecular flexibility index (Phi) is 5.88. The van der Waals surface area contributed by atoms with Crippen LogP contribution in [0, 0.1) is 11.3 Å². The number of rotatable bonds is 6. The van der Waals surface area contributed by atoms with Gasteiger partial charge in [-0.15, -0.1) is 0 Å². The third kappa shape index (κ3) is 4.29. The summed E-state index contributed by atoms with van der Waals surface area (Å²) in [5.74, 6) is 1.72. The predicted octanol–water partition coefficient (Wildman–Crippen LogP) is 2.41. The first-order valence-corrected chi connectivity index (χ1v) is 6.90. The molecule has 1 unspecified atom stereocenters. The number of hydrogen-bond acceptors (Lipinski definition) is 4. The van der Waals surface area contributed by atoms with Gasteiger partial charge >= 0.3 is 0 Å². The highest BCUT2D eigenvalue weighted by Crippen LogP contribution is 2.18. The minimum atomic E-state index is 0.470. The molecule has 1 aromatic carbocycles. The lowest BCUT2D eigenvalue weighted by Crippen LogP contribution is -2.27. The van der Waals surface area contributed by atoms with E-state index < -0.39 is 0 Å². The van der Waals surface area contributed by atoms with Crippen molar-refractivity contribution in [2.45, 2.75) is 19.5 Å². The van der Waals surface area contributed by atoms with E-state index in [0.29, 0.717) is 17.4 Å². The number of thioether (sulfide) groups is 1. The zero-order valence-electron chi connectivity index (χ0n) is 10.5. The number of benzene rings is 1. The molecule has 0 spiro atoms. The molecule has 17 heavy (non-hydrogen) atoms. The summed E-state index contributed by atoms with van der Waals surface area (Å²) in [4.78, 5) is 0. The van der Waals surface area contributed by atoms with E-state index in [1.165, 1.54) is 0 Å². The van der Waals surface area contributed by atoms with E-state index >= 15 is 0 Å². The maximum absolute atomic E-state index is 8.98.